The average Bonchev–Trinajstić information content (AvgIpc) is 2.91. The number of halogens is 1. The van der Waals surface area contributed by atoms with Crippen LogP contribution in [-0.4, -0.2) is 30.2 Å². The normalized spacial score (nSPS) is 11.4. The number of rotatable bonds is 5. The molecule has 116 valence electrons. The molecule has 7 heteroatoms. The van der Waals surface area contributed by atoms with Gasteiger partial charge in [-0.25, -0.2) is 9.78 Å². The van der Waals surface area contributed by atoms with Crippen LogP contribution >= 0.6 is 22.9 Å². The first-order chi connectivity index (χ1) is 10.5. The number of carboxylic acid groups (broad SMARTS) is 1. The van der Waals surface area contributed by atoms with Crippen LogP contribution < -0.4 is 10.1 Å². The van der Waals surface area contributed by atoms with Crippen LogP contribution in [0.2, 0.25) is 5.02 Å². The third-order valence-corrected chi connectivity index (χ3v) is 4.47. The molecule has 5 nitrogen and oxygen atoms in total. The Morgan fingerprint density at radius 3 is 2.77 bits per heavy atom. The third kappa shape index (κ3) is 3.40. The number of nitrogens with zero attached hydrogens (tertiary/aromatic N) is 1. The summed E-state index contributed by atoms with van der Waals surface area (Å²) in [5.41, 5.74) is 2.12. The number of hydrogen-bond acceptors (Lipinski definition) is 5. The molecule has 2 aromatic rings. The van der Waals surface area contributed by atoms with Crippen LogP contribution in [0.4, 0.5) is 5.13 Å². The molecule has 0 radical (unpaired) electrons. The monoisotopic (exact) mass is 338 g/mol. The van der Waals surface area contributed by atoms with E-state index < -0.39 is 5.97 Å². The fourth-order valence-corrected chi connectivity index (χ4v) is 3.12. The molecule has 0 fully saturated rings. The van der Waals surface area contributed by atoms with E-state index in [2.05, 4.69) is 10.3 Å². The van der Waals surface area contributed by atoms with Crippen molar-refractivity contribution in [2.24, 2.45) is 0 Å². The first-order valence-corrected chi connectivity index (χ1v) is 7.59. The zero-order chi connectivity index (χ0) is 16.3. The molecule has 2 rings (SSSR count). The highest BCUT2D eigenvalue weighted by molar-refractivity contribution is 7.17. The van der Waals surface area contributed by atoms with Crippen molar-refractivity contribution in [3.8, 4) is 17.0 Å². The number of aromatic nitrogens is 1. The van der Waals surface area contributed by atoms with E-state index in [0.717, 1.165) is 10.4 Å². The van der Waals surface area contributed by atoms with Crippen LogP contribution in [0.3, 0.4) is 0 Å². The molecule has 22 heavy (non-hydrogen) atoms. The summed E-state index contributed by atoms with van der Waals surface area (Å²) in [4.78, 5) is 16.2. The van der Waals surface area contributed by atoms with Gasteiger partial charge in [-0.3, -0.25) is 0 Å². The molecule has 0 amide bonds. The highest BCUT2D eigenvalue weighted by atomic mass is 35.5. The van der Waals surface area contributed by atoms with Crippen molar-refractivity contribution in [2.45, 2.75) is 6.92 Å². The largest absolute Gasteiger partial charge is 0.495 e. The standard InChI is InChI=1S/C15H15ClN2O3S/c1-8(6-12(19)20)14-13(18-15(17-2)22-14)9-4-5-11(21-3)10(16)7-9/h4-7H,1-3H3,(H,17,18)(H,19,20)/b8-6+. The van der Waals surface area contributed by atoms with Crippen LogP contribution in [0.5, 0.6) is 5.75 Å². The molecule has 2 N–H and O–H groups in total. The number of hydrogen-bond donors (Lipinski definition) is 2. The number of anilines is 1. The lowest BCUT2D eigenvalue weighted by Crippen LogP contribution is -1.91. The molecule has 0 spiro atoms. The van der Waals surface area contributed by atoms with Crippen LogP contribution in [0.25, 0.3) is 16.8 Å². The maximum absolute atomic E-state index is 10.9. The second kappa shape index (κ2) is 6.81. The second-order valence-corrected chi connectivity index (χ2v) is 5.87. The van der Waals surface area contributed by atoms with Crippen molar-refractivity contribution in [1.82, 2.24) is 4.98 Å². The van der Waals surface area contributed by atoms with Gasteiger partial charge in [-0.05, 0) is 30.7 Å². The number of ether oxygens (including phenoxy) is 1. The SMILES string of the molecule is CNc1nc(-c2ccc(OC)c(Cl)c2)c(/C(C)=C/C(=O)O)s1. The molecule has 1 heterocycles. The van der Waals surface area contributed by atoms with Crippen molar-refractivity contribution >= 4 is 39.6 Å². The summed E-state index contributed by atoms with van der Waals surface area (Å²) in [6.07, 6.45) is 1.17. The van der Waals surface area contributed by atoms with Gasteiger partial charge in [-0.15, -0.1) is 0 Å². The Morgan fingerprint density at radius 2 is 2.23 bits per heavy atom. The maximum Gasteiger partial charge on any atom is 0.328 e. The van der Waals surface area contributed by atoms with Crippen LogP contribution in [0.15, 0.2) is 24.3 Å². The molecule has 0 atom stereocenters. The van der Waals surface area contributed by atoms with E-state index >= 15 is 0 Å². The Balaban J connectivity index is 2.57. The van der Waals surface area contributed by atoms with Crippen molar-refractivity contribution in [3.63, 3.8) is 0 Å². The molecule has 0 aliphatic rings. The Kier molecular flexibility index (Phi) is 5.05. The topological polar surface area (TPSA) is 71.5 Å². The lowest BCUT2D eigenvalue weighted by molar-refractivity contribution is -0.131. The predicted molar refractivity (Wildman–Crippen MR) is 89.9 cm³/mol. The number of carbonyl (C=O) groups is 1. The summed E-state index contributed by atoms with van der Waals surface area (Å²) in [6.45, 7) is 1.75. The van der Waals surface area contributed by atoms with Gasteiger partial charge < -0.3 is 15.2 Å². The number of benzene rings is 1. The minimum atomic E-state index is -0.990. The summed E-state index contributed by atoms with van der Waals surface area (Å²) in [7, 11) is 3.32. The van der Waals surface area contributed by atoms with E-state index in [9.17, 15) is 4.79 Å². The van der Waals surface area contributed by atoms with Gasteiger partial charge in [-0.2, -0.15) is 0 Å². The van der Waals surface area contributed by atoms with Gasteiger partial charge in [0.15, 0.2) is 5.13 Å². The lowest BCUT2D eigenvalue weighted by Gasteiger charge is -2.06. The van der Waals surface area contributed by atoms with Gasteiger partial charge in [0.05, 0.1) is 22.7 Å². The molecule has 0 unspecified atom stereocenters. The van der Waals surface area contributed by atoms with Crippen LogP contribution in [-0.2, 0) is 4.79 Å². The number of allylic oxidation sites excluding steroid dienone is 1. The quantitative estimate of drug-likeness (QED) is 0.806. The number of aliphatic carboxylic acids is 1. The molecular weight excluding hydrogens is 324 g/mol. The molecule has 0 bridgehead atoms. The number of carboxylic acids is 1. The van der Waals surface area contributed by atoms with E-state index in [-0.39, 0.29) is 0 Å². The zero-order valence-electron chi connectivity index (χ0n) is 12.3. The highest BCUT2D eigenvalue weighted by Crippen LogP contribution is 2.38. The molecule has 0 aliphatic carbocycles. The Labute approximate surface area is 137 Å². The number of thiazole rings is 1. The summed E-state index contributed by atoms with van der Waals surface area (Å²) < 4.78 is 5.14. The molecule has 0 saturated heterocycles. The molecule has 0 aliphatic heterocycles. The average molecular weight is 339 g/mol. The summed E-state index contributed by atoms with van der Waals surface area (Å²) in [6, 6.07) is 5.36. The van der Waals surface area contributed by atoms with Gasteiger partial charge in [0.2, 0.25) is 0 Å². The summed E-state index contributed by atoms with van der Waals surface area (Å²) in [5.74, 6) is -0.413. The van der Waals surface area contributed by atoms with Crippen molar-refractivity contribution in [3.05, 3.63) is 34.2 Å². The van der Waals surface area contributed by atoms with E-state index in [1.807, 2.05) is 6.07 Å². The van der Waals surface area contributed by atoms with Crippen LogP contribution in [0, 0.1) is 0 Å². The van der Waals surface area contributed by atoms with E-state index in [0.29, 0.717) is 27.2 Å². The molecule has 1 aromatic heterocycles. The minimum Gasteiger partial charge on any atom is -0.495 e. The fraction of sp³-hybridized carbons (Fsp3) is 0.200. The van der Waals surface area contributed by atoms with Gasteiger partial charge in [0.25, 0.3) is 0 Å². The van der Waals surface area contributed by atoms with Gasteiger partial charge in [-0.1, -0.05) is 22.9 Å². The first kappa shape index (κ1) is 16.3. The molecular formula is C15H15ClN2O3S. The summed E-state index contributed by atoms with van der Waals surface area (Å²) >= 11 is 7.55. The van der Waals surface area contributed by atoms with E-state index in [1.54, 1.807) is 33.2 Å². The van der Waals surface area contributed by atoms with E-state index in [4.69, 9.17) is 21.4 Å². The first-order valence-electron chi connectivity index (χ1n) is 6.40. The third-order valence-electron chi connectivity index (χ3n) is 2.96. The van der Waals surface area contributed by atoms with Crippen LogP contribution in [0.1, 0.15) is 11.8 Å². The fourth-order valence-electron chi connectivity index (χ4n) is 1.95. The smallest absolute Gasteiger partial charge is 0.328 e. The maximum atomic E-state index is 10.9. The highest BCUT2D eigenvalue weighted by Gasteiger charge is 2.16. The second-order valence-electron chi connectivity index (χ2n) is 4.46. The molecule has 0 saturated carbocycles. The van der Waals surface area contributed by atoms with Gasteiger partial charge >= 0.3 is 5.97 Å². The van der Waals surface area contributed by atoms with Gasteiger partial charge in [0.1, 0.15) is 5.75 Å². The van der Waals surface area contributed by atoms with E-state index in [1.165, 1.54) is 17.4 Å². The molecule has 1 aromatic carbocycles. The predicted octanol–water partition coefficient (Wildman–Crippen LogP) is 4.00. The van der Waals surface area contributed by atoms with Crippen molar-refractivity contribution < 1.29 is 14.6 Å². The van der Waals surface area contributed by atoms with Crippen molar-refractivity contribution in [1.29, 1.82) is 0 Å². The van der Waals surface area contributed by atoms with Crippen molar-refractivity contribution in [2.75, 3.05) is 19.5 Å². The number of methoxy groups -OCH3 is 1. The summed E-state index contributed by atoms with van der Waals surface area (Å²) in [5, 5.41) is 13.1. The Bertz CT molecular complexity index is 740. The van der Waals surface area contributed by atoms with Gasteiger partial charge in [0, 0.05) is 18.7 Å². The minimum absolute atomic E-state index is 0.477. The number of nitrogens with one attached hydrogen (secondary N) is 1. The zero-order valence-corrected chi connectivity index (χ0v) is 13.9. The Hall–Kier alpha value is -2.05. The lowest BCUT2D eigenvalue weighted by atomic mass is 10.1. The Morgan fingerprint density at radius 1 is 1.50 bits per heavy atom.